The number of hydrogen-bond acceptors (Lipinski definition) is 3. The maximum absolute atomic E-state index is 9.61. The van der Waals surface area contributed by atoms with Crippen LogP contribution < -0.4 is 4.90 Å². The number of furan rings is 1. The Balaban J connectivity index is 1.81. The maximum atomic E-state index is 9.61. The van der Waals surface area contributed by atoms with Crippen molar-refractivity contribution in [3.8, 4) is 11.8 Å². The second-order valence-corrected chi connectivity index (χ2v) is 8.72. The lowest BCUT2D eigenvalue weighted by Gasteiger charge is -2.36. The maximum Gasteiger partial charge on any atom is 0.138 e. The molecular formula is C28H19N3O. The Hall–Kier alpha value is -4.23. The molecule has 7 rings (SSSR count). The van der Waals surface area contributed by atoms with Crippen LogP contribution in [-0.4, -0.2) is 10.6 Å². The van der Waals surface area contributed by atoms with Crippen molar-refractivity contribution in [1.29, 1.82) is 5.26 Å². The van der Waals surface area contributed by atoms with Crippen molar-refractivity contribution in [2.45, 2.75) is 19.9 Å². The first-order valence-electron chi connectivity index (χ1n) is 10.9. The minimum absolute atomic E-state index is 0.235. The molecule has 0 unspecified atom stereocenters. The summed E-state index contributed by atoms with van der Waals surface area (Å²) in [4.78, 5) is 2.37. The molecule has 4 heteroatoms. The van der Waals surface area contributed by atoms with Gasteiger partial charge in [0.1, 0.15) is 11.2 Å². The number of anilines is 2. The molecule has 2 aromatic heterocycles. The predicted molar refractivity (Wildman–Crippen MR) is 130 cm³/mol. The largest absolute Gasteiger partial charge is 0.456 e. The molecule has 4 nitrogen and oxygen atoms in total. The molecule has 0 bridgehead atoms. The van der Waals surface area contributed by atoms with Crippen molar-refractivity contribution in [2.24, 2.45) is 0 Å². The molecule has 1 aliphatic rings. The molecular weight excluding hydrogens is 394 g/mol. The predicted octanol–water partition coefficient (Wildman–Crippen LogP) is 7.41. The molecule has 0 N–H and O–H groups in total. The number of nitrogens with zero attached hydrogens (tertiary/aromatic N) is 3. The molecule has 0 radical (unpaired) electrons. The Kier molecular flexibility index (Phi) is 3.23. The Morgan fingerprint density at radius 3 is 2.38 bits per heavy atom. The van der Waals surface area contributed by atoms with Gasteiger partial charge in [0.25, 0.3) is 0 Å². The second kappa shape index (κ2) is 5.93. The number of rotatable bonds is 1. The third-order valence-corrected chi connectivity index (χ3v) is 6.64. The smallest absolute Gasteiger partial charge is 0.138 e. The van der Waals surface area contributed by atoms with Gasteiger partial charge in [0.05, 0.1) is 39.7 Å². The highest BCUT2D eigenvalue weighted by Gasteiger charge is 2.31. The highest BCUT2D eigenvalue weighted by atomic mass is 16.3. The van der Waals surface area contributed by atoms with E-state index in [0.29, 0.717) is 5.56 Å². The minimum Gasteiger partial charge on any atom is -0.456 e. The van der Waals surface area contributed by atoms with Crippen molar-refractivity contribution < 1.29 is 4.42 Å². The van der Waals surface area contributed by atoms with Crippen LogP contribution in [0.4, 0.5) is 11.4 Å². The van der Waals surface area contributed by atoms with Gasteiger partial charge >= 0.3 is 0 Å². The molecule has 0 amide bonds. The lowest BCUT2D eigenvalue weighted by atomic mass is 10.0. The van der Waals surface area contributed by atoms with Gasteiger partial charge in [-0.2, -0.15) is 5.26 Å². The number of hydrogen-bond donors (Lipinski definition) is 0. The van der Waals surface area contributed by atoms with E-state index in [1.54, 1.807) is 0 Å². The minimum atomic E-state index is 0.235. The van der Waals surface area contributed by atoms with Gasteiger partial charge < -0.3 is 13.9 Å². The first-order chi connectivity index (χ1) is 15.7. The Bertz CT molecular complexity index is 1780. The molecule has 0 aliphatic carbocycles. The summed E-state index contributed by atoms with van der Waals surface area (Å²) < 4.78 is 8.69. The van der Waals surface area contributed by atoms with E-state index in [1.165, 1.54) is 16.3 Å². The molecule has 6 aromatic rings. The Morgan fingerprint density at radius 1 is 0.781 bits per heavy atom. The van der Waals surface area contributed by atoms with E-state index < -0.39 is 0 Å². The third kappa shape index (κ3) is 2.01. The standard InChI is InChI=1S/C28H19N3O/c1-16(2)30-21-12-11-17(15-29)13-22(21)31-20-9-5-3-7-18(20)27-26-19-8-4-6-10-24(19)32-25(26)14-23(30)28(27)31/h3-14,16H,1-2H3. The van der Waals surface area contributed by atoms with E-state index in [2.05, 4.69) is 77.9 Å². The summed E-state index contributed by atoms with van der Waals surface area (Å²) in [6.07, 6.45) is 0. The van der Waals surface area contributed by atoms with Crippen LogP contribution in [0.3, 0.4) is 0 Å². The Morgan fingerprint density at radius 2 is 1.56 bits per heavy atom. The van der Waals surface area contributed by atoms with Gasteiger partial charge in [-0.05, 0) is 44.2 Å². The van der Waals surface area contributed by atoms with E-state index in [4.69, 9.17) is 4.42 Å². The van der Waals surface area contributed by atoms with E-state index >= 15 is 0 Å². The van der Waals surface area contributed by atoms with Gasteiger partial charge in [-0.15, -0.1) is 0 Å². The topological polar surface area (TPSA) is 45.1 Å². The van der Waals surface area contributed by atoms with Crippen LogP contribution >= 0.6 is 0 Å². The molecule has 152 valence electrons. The van der Waals surface area contributed by atoms with Crippen LogP contribution in [0.15, 0.2) is 77.2 Å². The summed E-state index contributed by atoms with van der Waals surface area (Å²) >= 11 is 0. The molecule has 3 heterocycles. The van der Waals surface area contributed by atoms with Gasteiger partial charge in [-0.3, -0.25) is 0 Å². The number of para-hydroxylation sites is 2. The first kappa shape index (κ1) is 17.5. The molecule has 1 aliphatic heterocycles. The normalized spacial score (nSPS) is 12.9. The van der Waals surface area contributed by atoms with Crippen LogP contribution in [0.1, 0.15) is 19.4 Å². The fraction of sp³-hybridized carbons (Fsp3) is 0.107. The van der Waals surface area contributed by atoms with Crippen molar-refractivity contribution in [2.75, 3.05) is 4.90 Å². The number of fused-ring (bicyclic) bond motifs is 9. The van der Waals surface area contributed by atoms with Gasteiger partial charge in [0.15, 0.2) is 0 Å². The highest BCUT2D eigenvalue weighted by molar-refractivity contribution is 6.30. The summed E-state index contributed by atoms with van der Waals surface area (Å²) in [6.45, 7) is 4.41. The third-order valence-electron chi connectivity index (χ3n) is 6.64. The van der Waals surface area contributed by atoms with E-state index in [1.807, 2.05) is 24.3 Å². The monoisotopic (exact) mass is 413 g/mol. The summed E-state index contributed by atoms with van der Waals surface area (Å²) in [5.74, 6) is 0. The molecule has 0 atom stereocenters. The number of nitriles is 1. The van der Waals surface area contributed by atoms with Gasteiger partial charge in [0, 0.05) is 33.7 Å². The lowest BCUT2D eigenvalue weighted by molar-refractivity contribution is 0.668. The van der Waals surface area contributed by atoms with Crippen LogP contribution in [0.5, 0.6) is 0 Å². The highest BCUT2D eigenvalue weighted by Crippen LogP contribution is 2.51. The van der Waals surface area contributed by atoms with Crippen molar-refractivity contribution in [1.82, 2.24) is 4.57 Å². The van der Waals surface area contributed by atoms with Gasteiger partial charge in [-0.25, -0.2) is 0 Å². The van der Waals surface area contributed by atoms with Crippen molar-refractivity contribution >= 4 is 55.1 Å². The van der Waals surface area contributed by atoms with Gasteiger partial charge in [-0.1, -0.05) is 36.4 Å². The molecule has 0 saturated heterocycles. The summed E-state index contributed by atoms with van der Waals surface area (Å²) in [5, 5.41) is 14.3. The first-order valence-corrected chi connectivity index (χ1v) is 10.9. The second-order valence-electron chi connectivity index (χ2n) is 8.72. The molecule has 0 fully saturated rings. The van der Waals surface area contributed by atoms with Crippen LogP contribution in [-0.2, 0) is 0 Å². The fourth-order valence-corrected chi connectivity index (χ4v) is 5.45. The fourth-order valence-electron chi connectivity index (χ4n) is 5.45. The van der Waals surface area contributed by atoms with Crippen molar-refractivity contribution in [3.63, 3.8) is 0 Å². The summed E-state index contributed by atoms with van der Waals surface area (Å²) in [7, 11) is 0. The molecule has 32 heavy (non-hydrogen) atoms. The van der Waals surface area contributed by atoms with Crippen LogP contribution in [0, 0.1) is 11.3 Å². The zero-order chi connectivity index (χ0) is 21.6. The molecule has 4 aromatic carbocycles. The SMILES string of the molecule is CC(C)N1c2ccc(C#N)cc2-n2c3ccccc3c3c4c(cc1c32)oc1ccccc14. The zero-order valence-corrected chi connectivity index (χ0v) is 17.8. The van der Waals surface area contributed by atoms with E-state index in [9.17, 15) is 5.26 Å². The van der Waals surface area contributed by atoms with E-state index in [-0.39, 0.29) is 6.04 Å². The van der Waals surface area contributed by atoms with Crippen LogP contribution in [0.2, 0.25) is 0 Å². The zero-order valence-electron chi connectivity index (χ0n) is 17.8. The Labute approximate surface area is 184 Å². The molecule has 0 spiro atoms. The number of aromatic nitrogens is 1. The summed E-state index contributed by atoms with van der Waals surface area (Å²) in [6, 6.07) is 27.5. The summed E-state index contributed by atoms with van der Waals surface area (Å²) in [5.41, 5.74) is 8.06. The quantitative estimate of drug-likeness (QED) is 0.282. The van der Waals surface area contributed by atoms with Crippen molar-refractivity contribution in [3.05, 3.63) is 78.4 Å². The average Bonchev–Trinajstić information content (AvgIpc) is 3.35. The lowest BCUT2D eigenvalue weighted by Crippen LogP contribution is -2.29. The van der Waals surface area contributed by atoms with Gasteiger partial charge in [0.2, 0.25) is 0 Å². The van der Waals surface area contributed by atoms with E-state index in [0.717, 1.165) is 44.5 Å². The average molecular weight is 413 g/mol. The molecule has 0 saturated carbocycles. The number of benzene rings is 4. The van der Waals surface area contributed by atoms with Crippen LogP contribution in [0.25, 0.3) is 49.4 Å².